The fraction of sp³-hybridized carbons (Fsp3) is 0.346. The highest BCUT2D eigenvalue weighted by Gasteiger charge is 2.39. The lowest BCUT2D eigenvalue weighted by Crippen LogP contribution is -2.54. The van der Waals surface area contributed by atoms with E-state index in [1.54, 1.807) is 36.7 Å². The SMILES string of the molecule is Cc1ccc(NC(=O)c2ccnc(C(F)(F)F)c2)cc1-c1cnc2c(c1)N1CCOCC1C(CO)C2.Cc1ccc(NC(=O)c2ccnc(C(F)(F)F)c2)cc1-c1cnc2c(c1)N1CCOCC1C(CO)C2. The molecular formula is C52H50F6N8O6. The van der Waals surface area contributed by atoms with Gasteiger partial charge >= 0.3 is 12.4 Å². The Labute approximate surface area is 410 Å². The van der Waals surface area contributed by atoms with Crippen LogP contribution in [0.15, 0.2) is 97.6 Å². The monoisotopic (exact) mass is 996 g/mol. The number of rotatable bonds is 8. The average Bonchev–Trinajstić information content (AvgIpc) is 3.38. The first-order chi connectivity index (χ1) is 34.5. The van der Waals surface area contributed by atoms with Crippen molar-refractivity contribution in [1.29, 1.82) is 0 Å². The van der Waals surface area contributed by atoms with Crippen molar-refractivity contribution >= 4 is 34.6 Å². The predicted octanol–water partition coefficient (Wildman–Crippen LogP) is 8.19. The van der Waals surface area contributed by atoms with E-state index in [-0.39, 0.29) is 48.3 Å². The van der Waals surface area contributed by atoms with Crippen LogP contribution in [-0.4, -0.2) is 107 Å². The lowest BCUT2D eigenvalue weighted by atomic mass is 9.87. The number of nitrogens with zero attached hydrogens (tertiary/aromatic N) is 6. The summed E-state index contributed by atoms with van der Waals surface area (Å²) in [7, 11) is 0. The van der Waals surface area contributed by atoms with Gasteiger partial charge in [0.05, 0.1) is 61.3 Å². The number of aliphatic hydroxyl groups is 2. The quantitative estimate of drug-likeness (QED) is 0.108. The van der Waals surface area contributed by atoms with Gasteiger partial charge in [-0.15, -0.1) is 0 Å². The standard InChI is InChI=1S/2C26H25F3N4O3/c2*1-15-2-3-19(32-25(35)16-4-5-30-24(10-16)26(27,28)29)11-20(15)17-9-22-21(31-12-17)8-18(13-34)23-14-36-7-6-33(22)23/h2*2-5,9-12,18,23,34H,6-8,13-14H2,1H3,(H,32,35). The molecule has 4 aromatic heterocycles. The summed E-state index contributed by atoms with van der Waals surface area (Å²) in [6, 6.07) is 18.9. The van der Waals surface area contributed by atoms with Crippen LogP contribution in [0.1, 0.15) is 54.6 Å². The van der Waals surface area contributed by atoms with Gasteiger partial charge < -0.3 is 40.1 Å². The second kappa shape index (κ2) is 20.6. The third-order valence-electron chi connectivity index (χ3n) is 13.6. The molecule has 2 saturated heterocycles. The highest BCUT2D eigenvalue weighted by molar-refractivity contribution is 6.05. The molecule has 14 nitrogen and oxygen atoms in total. The summed E-state index contributed by atoms with van der Waals surface area (Å²) in [5.74, 6) is -1.20. The Morgan fingerprint density at radius 1 is 0.611 bits per heavy atom. The van der Waals surface area contributed by atoms with Gasteiger partial charge in [-0.25, -0.2) is 0 Å². The van der Waals surface area contributed by atoms with Crippen molar-refractivity contribution < 1.29 is 55.6 Å². The minimum absolute atomic E-state index is 0.0578. The number of carbonyl (C=O) groups is 2. The summed E-state index contributed by atoms with van der Waals surface area (Å²) >= 11 is 0. The number of aliphatic hydroxyl groups excluding tert-OH is 2. The number of amides is 2. The number of fused-ring (bicyclic) bond motifs is 6. The van der Waals surface area contributed by atoms with E-state index in [0.717, 1.165) is 80.7 Å². The van der Waals surface area contributed by atoms with Crippen LogP contribution in [0.25, 0.3) is 22.3 Å². The molecule has 6 aromatic rings. The molecule has 0 saturated carbocycles. The zero-order valence-electron chi connectivity index (χ0n) is 39.1. The number of carbonyl (C=O) groups excluding carboxylic acids is 2. The van der Waals surface area contributed by atoms with Crippen LogP contribution in [0.5, 0.6) is 0 Å². The summed E-state index contributed by atoms with van der Waals surface area (Å²) < 4.78 is 89.2. The maximum absolute atomic E-state index is 13.0. The Balaban J connectivity index is 0.000000178. The van der Waals surface area contributed by atoms with Gasteiger partial charge in [-0.05, 0) is 110 Å². The number of ether oxygens (including phenoxy) is 2. The molecule has 10 rings (SSSR count). The molecule has 4 unspecified atom stereocenters. The van der Waals surface area contributed by atoms with Gasteiger partial charge in [0.2, 0.25) is 0 Å². The van der Waals surface area contributed by atoms with Crippen molar-refractivity contribution in [1.82, 2.24) is 19.9 Å². The van der Waals surface area contributed by atoms with Crippen molar-refractivity contribution in [2.45, 2.75) is 51.1 Å². The van der Waals surface area contributed by atoms with E-state index in [1.165, 1.54) is 12.1 Å². The van der Waals surface area contributed by atoms with Crippen molar-refractivity contribution in [2.24, 2.45) is 11.8 Å². The van der Waals surface area contributed by atoms with E-state index < -0.39 is 35.6 Å². The second-order valence-corrected chi connectivity index (χ2v) is 18.2. The van der Waals surface area contributed by atoms with E-state index in [0.29, 0.717) is 63.7 Å². The molecule has 72 heavy (non-hydrogen) atoms. The van der Waals surface area contributed by atoms with Crippen LogP contribution in [0.4, 0.5) is 49.1 Å². The van der Waals surface area contributed by atoms with Crippen molar-refractivity contribution in [3.8, 4) is 22.3 Å². The molecule has 4 N–H and O–H groups in total. The van der Waals surface area contributed by atoms with Gasteiger partial charge in [0.25, 0.3) is 11.8 Å². The number of benzene rings is 2. The number of halogens is 6. The second-order valence-electron chi connectivity index (χ2n) is 18.2. The van der Waals surface area contributed by atoms with Crippen LogP contribution in [0.2, 0.25) is 0 Å². The maximum Gasteiger partial charge on any atom is 0.433 e. The van der Waals surface area contributed by atoms with Gasteiger partial charge in [0.15, 0.2) is 0 Å². The van der Waals surface area contributed by atoms with Gasteiger partial charge in [-0.1, -0.05) is 12.1 Å². The molecule has 8 heterocycles. The number of aromatic nitrogens is 4. The van der Waals surface area contributed by atoms with Crippen LogP contribution >= 0.6 is 0 Å². The first-order valence-corrected chi connectivity index (χ1v) is 23.3. The highest BCUT2D eigenvalue weighted by Crippen LogP contribution is 2.40. The Morgan fingerprint density at radius 3 is 1.42 bits per heavy atom. The van der Waals surface area contributed by atoms with Crippen molar-refractivity contribution in [2.75, 3.05) is 73.2 Å². The molecule has 2 fully saturated rings. The molecule has 4 aliphatic rings. The Bertz CT molecular complexity index is 2790. The van der Waals surface area contributed by atoms with E-state index in [2.05, 4.69) is 42.5 Å². The number of pyridine rings is 4. The molecule has 2 aromatic carbocycles. The molecule has 4 aliphatic heterocycles. The molecule has 4 atom stereocenters. The molecular weight excluding hydrogens is 947 g/mol. The number of aryl methyl sites for hydroxylation is 2. The number of anilines is 4. The maximum atomic E-state index is 13.0. The summed E-state index contributed by atoms with van der Waals surface area (Å²) in [5, 5.41) is 25.1. The van der Waals surface area contributed by atoms with E-state index in [1.807, 2.05) is 26.0 Å². The minimum atomic E-state index is -4.64. The Hall–Kier alpha value is -7.00. The zero-order valence-corrected chi connectivity index (χ0v) is 39.1. The first kappa shape index (κ1) is 50.0. The van der Waals surface area contributed by atoms with Crippen LogP contribution in [-0.2, 0) is 34.7 Å². The molecule has 0 spiro atoms. The molecule has 20 heteroatoms. The summed E-state index contributed by atoms with van der Waals surface area (Å²) in [6.45, 7) is 7.75. The smallest absolute Gasteiger partial charge is 0.396 e. The van der Waals surface area contributed by atoms with Crippen LogP contribution in [0.3, 0.4) is 0 Å². The minimum Gasteiger partial charge on any atom is -0.396 e. The topological polar surface area (TPSA) is 175 Å². The number of hydrogen-bond donors (Lipinski definition) is 4. The molecule has 0 radical (unpaired) electrons. The molecule has 2 amide bonds. The van der Waals surface area contributed by atoms with Gasteiger partial charge in [0, 0.05) is 96.6 Å². The lowest BCUT2D eigenvalue weighted by Gasteiger charge is -2.45. The highest BCUT2D eigenvalue weighted by atomic mass is 19.4. The van der Waals surface area contributed by atoms with Crippen LogP contribution in [0, 0.1) is 25.7 Å². The lowest BCUT2D eigenvalue weighted by molar-refractivity contribution is -0.142. The largest absolute Gasteiger partial charge is 0.433 e. The Kier molecular flexibility index (Phi) is 14.3. The Morgan fingerprint density at radius 2 is 1.03 bits per heavy atom. The predicted molar refractivity (Wildman–Crippen MR) is 256 cm³/mol. The van der Waals surface area contributed by atoms with E-state index >= 15 is 0 Å². The van der Waals surface area contributed by atoms with Gasteiger partial charge in [0.1, 0.15) is 11.4 Å². The van der Waals surface area contributed by atoms with Crippen molar-refractivity contribution in [3.63, 3.8) is 0 Å². The fourth-order valence-corrected chi connectivity index (χ4v) is 9.72. The third kappa shape index (κ3) is 10.6. The summed E-state index contributed by atoms with van der Waals surface area (Å²) in [6.07, 6.45) is -2.45. The number of nitrogens with one attached hydrogen (secondary N) is 2. The third-order valence-corrected chi connectivity index (χ3v) is 13.6. The van der Waals surface area contributed by atoms with Crippen LogP contribution < -0.4 is 20.4 Å². The number of hydrogen-bond acceptors (Lipinski definition) is 12. The molecule has 376 valence electrons. The zero-order chi connectivity index (χ0) is 50.9. The first-order valence-electron chi connectivity index (χ1n) is 23.3. The van der Waals surface area contributed by atoms with E-state index in [4.69, 9.17) is 19.4 Å². The molecule has 0 bridgehead atoms. The van der Waals surface area contributed by atoms with E-state index in [9.17, 15) is 46.1 Å². The molecule has 0 aliphatic carbocycles. The number of alkyl halides is 6. The summed E-state index contributed by atoms with van der Waals surface area (Å²) in [5.41, 5.74) is 7.61. The summed E-state index contributed by atoms with van der Waals surface area (Å²) in [4.78, 5) is 45.9. The normalized spacial score (nSPS) is 19.4. The van der Waals surface area contributed by atoms with Gasteiger partial charge in [-0.3, -0.25) is 29.5 Å². The number of morpholine rings is 2. The fourth-order valence-electron chi connectivity index (χ4n) is 9.72. The van der Waals surface area contributed by atoms with Gasteiger partial charge in [-0.2, -0.15) is 26.3 Å². The van der Waals surface area contributed by atoms with Crippen molar-refractivity contribution in [3.05, 3.63) is 143 Å². The average molecular weight is 997 g/mol.